The average Bonchev–Trinajstić information content (AvgIpc) is 2.91. The molecule has 0 bridgehead atoms. The summed E-state index contributed by atoms with van der Waals surface area (Å²) in [6.45, 7) is 1.46. The fraction of sp³-hybridized carbons (Fsp3) is 0.231. The number of carbonyl (C=O) groups excluding carboxylic acids is 1. The minimum atomic E-state index is -0.0944. The molecular weight excluding hydrogens is 330 g/mol. The number of rotatable bonds is 5. The van der Waals surface area contributed by atoms with Gasteiger partial charge in [0.15, 0.2) is 0 Å². The van der Waals surface area contributed by atoms with E-state index < -0.39 is 0 Å². The Balaban J connectivity index is 1.79. The Morgan fingerprint density at radius 2 is 2.32 bits per heavy atom. The van der Waals surface area contributed by atoms with Crippen molar-refractivity contribution in [2.75, 3.05) is 6.54 Å². The first kappa shape index (κ1) is 14.1. The minimum absolute atomic E-state index is 0.0944. The van der Waals surface area contributed by atoms with Crippen molar-refractivity contribution in [1.29, 1.82) is 0 Å². The van der Waals surface area contributed by atoms with E-state index in [2.05, 4.69) is 26.2 Å². The van der Waals surface area contributed by atoms with Crippen molar-refractivity contribution in [1.82, 2.24) is 14.9 Å². The summed E-state index contributed by atoms with van der Waals surface area (Å²) in [6.07, 6.45) is 6.26. The van der Waals surface area contributed by atoms with Crippen LogP contribution in [0.2, 0.25) is 5.02 Å². The minimum Gasteiger partial charge on any atom is -0.352 e. The fourth-order valence-corrected chi connectivity index (χ4v) is 2.12. The molecule has 0 atom stereocenters. The number of hydrogen-bond acceptors (Lipinski definition) is 2. The zero-order valence-electron chi connectivity index (χ0n) is 10.1. The highest BCUT2D eigenvalue weighted by Gasteiger charge is 2.06. The number of benzene rings is 1. The van der Waals surface area contributed by atoms with Crippen LogP contribution < -0.4 is 5.32 Å². The lowest BCUT2D eigenvalue weighted by molar-refractivity contribution is 0.0952. The van der Waals surface area contributed by atoms with Crippen LogP contribution in [0.3, 0.4) is 0 Å². The van der Waals surface area contributed by atoms with Gasteiger partial charge in [-0.3, -0.25) is 4.79 Å². The molecule has 1 N–H and O–H groups in total. The second kappa shape index (κ2) is 6.73. The maximum absolute atomic E-state index is 11.9. The van der Waals surface area contributed by atoms with Gasteiger partial charge in [-0.25, -0.2) is 4.98 Å². The van der Waals surface area contributed by atoms with Crippen LogP contribution in [0, 0.1) is 0 Å². The fourth-order valence-electron chi connectivity index (χ4n) is 1.62. The molecule has 0 spiro atoms. The monoisotopic (exact) mass is 341 g/mol. The molecule has 0 aliphatic carbocycles. The number of halogens is 2. The quantitative estimate of drug-likeness (QED) is 0.849. The molecule has 0 saturated heterocycles. The van der Waals surface area contributed by atoms with E-state index in [9.17, 15) is 4.79 Å². The molecule has 0 aliphatic rings. The van der Waals surface area contributed by atoms with Crippen LogP contribution in [0.4, 0.5) is 0 Å². The Morgan fingerprint density at radius 3 is 3.00 bits per heavy atom. The van der Waals surface area contributed by atoms with Crippen LogP contribution in [-0.4, -0.2) is 22.0 Å². The number of carbonyl (C=O) groups is 1. The first-order valence-corrected chi connectivity index (χ1v) is 7.03. The van der Waals surface area contributed by atoms with E-state index in [0.717, 1.165) is 17.4 Å². The summed E-state index contributed by atoms with van der Waals surface area (Å²) in [5.41, 5.74) is 0.596. The Kier molecular flexibility index (Phi) is 4.99. The second-order valence-electron chi connectivity index (χ2n) is 4.04. The third-order valence-electron chi connectivity index (χ3n) is 2.62. The summed E-state index contributed by atoms with van der Waals surface area (Å²) in [4.78, 5) is 15.8. The molecule has 100 valence electrons. The molecule has 0 unspecified atom stereocenters. The van der Waals surface area contributed by atoms with Gasteiger partial charge in [0.1, 0.15) is 0 Å². The topological polar surface area (TPSA) is 46.9 Å². The van der Waals surface area contributed by atoms with Crippen molar-refractivity contribution in [2.45, 2.75) is 13.0 Å². The van der Waals surface area contributed by atoms with Gasteiger partial charge in [-0.1, -0.05) is 11.6 Å². The number of nitrogens with one attached hydrogen (secondary N) is 1. The molecule has 1 heterocycles. The molecule has 0 aliphatic heterocycles. The summed E-state index contributed by atoms with van der Waals surface area (Å²) in [7, 11) is 0. The van der Waals surface area contributed by atoms with Crippen molar-refractivity contribution in [3.63, 3.8) is 0 Å². The van der Waals surface area contributed by atoms with Gasteiger partial charge in [0, 0.05) is 35.5 Å². The zero-order chi connectivity index (χ0) is 13.7. The molecule has 6 heteroatoms. The largest absolute Gasteiger partial charge is 0.352 e. The standard InChI is InChI=1S/C13H13BrClN3O/c14-11-8-10(2-3-12(11)15)13(19)17-4-1-6-18-7-5-16-9-18/h2-3,5,7-9H,1,4,6H2,(H,17,19). The second-order valence-corrected chi connectivity index (χ2v) is 5.30. The molecule has 0 fully saturated rings. The first-order valence-electron chi connectivity index (χ1n) is 5.86. The first-order chi connectivity index (χ1) is 9.16. The van der Waals surface area contributed by atoms with Crippen molar-refractivity contribution < 1.29 is 4.79 Å². The lowest BCUT2D eigenvalue weighted by Gasteiger charge is -2.06. The molecule has 4 nitrogen and oxygen atoms in total. The smallest absolute Gasteiger partial charge is 0.251 e. The van der Waals surface area contributed by atoms with Gasteiger partial charge in [-0.15, -0.1) is 0 Å². The van der Waals surface area contributed by atoms with E-state index in [1.165, 1.54) is 0 Å². The number of nitrogens with zero attached hydrogens (tertiary/aromatic N) is 2. The maximum Gasteiger partial charge on any atom is 0.251 e. The SMILES string of the molecule is O=C(NCCCn1ccnc1)c1ccc(Cl)c(Br)c1. The summed E-state index contributed by atoms with van der Waals surface area (Å²) < 4.78 is 2.70. The Hall–Kier alpha value is -1.33. The van der Waals surface area contributed by atoms with E-state index in [1.807, 2.05) is 10.8 Å². The molecule has 0 radical (unpaired) electrons. The van der Waals surface area contributed by atoms with Gasteiger partial charge in [-0.2, -0.15) is 0 Å². The highest BCUT2D eigenvalue weighted by molar-refractivity contribution is 9.10. The lowest BCUT2D eigenvalue weighted by Crippen LogP contribution is -2.25. The molecular formula is C13H13BrClN3O. The normalized spacial score (nSPS) is 10.4. The summed E-state index contributed by atoms with van der Waals surface area (Å²) in [5.74, 6) is -0.0944. The molecule has 2 aromatic rings. The van der Waals surface area contributed by atoms with E-state index in [-0.39, 0.29) is 5.91 Å². The average molecular weight is 343 g/mol. The number of imidazole rings is 1. The van der Waals surface area contributed by atoms with Gasteiger partial charge >= 0.3 is 0 Å². The van der Waals surface area contributed by atoms with Crippen molar-refractivity contribution in [2.24, 2.45) is 0 Å². The van der Waals surface area contributed by atoms with Crippen LogP contribution >= 0.6 is 27.5 Å². The molecule has 1 aromatic carbocycles. The van der Waals surface area contributed by atoms with Gasteiger partial charge in [0.2, 0.25) is 0 Å². The highest BCUT2D eigenvalue weighted by atomic mass is 79.9. The van der Waals surface area contributed by atoms with Gasteiger partial charge < -0.3 is 9.88 Å². The summed E-state index contributed by atoms with van der Waals surface area (Å²) >= 11 is 9.18. The van der Waals surface area contributed by atoms with Crippen LogP contribution in [-0.2, 0) is 6.54 Å². The molecule has 19 heavy (non-hydrogen) atoms. The van der Waals surface area contributed by atoms with Gasteiger partial charge in [0.25, 0.3) is 5.91 Å². The highest BCUT2D eigenvalue weighted by Crippen LogP contribution is 2.23. The number of hydrogen-bond donors (Lipinski definition) is 1. The number of aromatic nitrogens is 2. The van der Waals surface area contributed by atoms with Gasteiger partial charge in [-0.05, 0) is 40.5 Å². The van der Waals surface area contributed by atoms with Crippen molar-refractivity contribution in [3.05, 3.63) is 52.0 Å². The van der Waals surface area contributed by atoms with Crippen LogP contribution in [0.5, 0.6) is 0 Å². The maximum atomic E-state index is 11.9. The molecule has 1 aromatic heterocycles. The molecule has 1 amide bonds. The number of aryl methyl sites for hydroxylation is 1. The van der Waals surface area contributed by atoms with Crippen molar-refractivity contribution in [3.8, 4) is 0 Å². The predicted molar refractivity (Wildman–Crippen MR) is 78.3 cm³/mol. The molecule has 2 rings (SSSR count). The van der Waals surface area contributed by atoms with Crippen LogP contribution in [0.25, 0.3) is 0 Å². The Bertz CT molecular complexity index is 557. The molecule has 0 saturated carbocycles. The van der Waals surface area contributed by atoms with E-state index >= 15 is 0 Å². The third kappa shape index (κ3) is 4.08. The third-order valence-corrected chi connectivity index (χ3v) is 3.83. The van der Waals surface area contributed by atoms with Gasteiger partial charge in [0.05, 0.1) is 11.3 Å². The predicted octanol–water partition coefficient (Wildman–Crippen LogP) is 3.12. The summed E-state index contributed by atoms with van der Waals surface area (Å²) in [5, 5.41) is 3.47. The van der Waals surface area contributed by atoms with E-state index in [0.29, 0.717) is 17.1 Å². The number of amides is 1. The lowest BCUT2D eigenvalue weighted by atomic mass is 10.2. The Morgan fingerprint density at radius 1 is 1.47 bits per heavy atom. The van der Waals surface area contributed by atoms with Crippen LogP contribution in [0.15, 0.2) is 41.4 Å². The summed E-state index contributed by atoms with van der Waals surface area (Å²) in [6, 6.07) is 5.12. The zero-order valence-corrected chi connectivity index (χ0v) is 12.5. The Labute approximate surface area is 124 Å². The van der Waals surface area contributed by atoms with Crippen molar-refractivity contribution >= 4 is 33.4 Å². The van der Waals surface area contributed by atoms with E-state index in [4.69, 9.17) is 11.6 Å². The van der Waals surface area contributed by atoms with Crippen LogP contribution in [0.1, 0.15) is 16.8 Å². The van der Waals surface area contributed by atoms with E-state index in [1.54, 1.807) is 30.7 Å².